The molecule has 3 aromatic carbocycles. The second-order valence-corrected chi connectivity index (χ2v) is 8.27. The number of carbonyl (C=O) groups is 3. The number of carboxylic acid groups (broad SMARTS) is 1. The molecule has 4 N–H and O–H groups in total. The number of benzene rings is 3. The van der Waals surface area contributed by atoms with E-state index in [2.05, 4.69) is 22.8 Å². The van der Waals surface area contributed by atoms with Gasteiger partial charge in [-0.3, -0.25) is 4.79 Å². The molecular formula is C27H26N2O6. The van der Waals surface area contributed by atoms with Crippen LogP contribution >= 0.6 is 0 Å². The maximum Gasteiger partial charge on any atom is 0.407 e. The largest absolute Gasteiger partial charge is 0.480 e. The summed E-state index contributed by atoms with van der Waals surface area (Å²) in [5.41, 5.74) is 5.88. The van der Waals surface area contributed by atoms with Crippen LogP contribution in [0.15, 0.2) is 72.8 Å². The van der Waals surface area contributed by atoms with Crippen molar-refractivity contribution in [2.24, 2.45) is 0 Å². The van der Waals surface area contributed by atoms with Crippen LogP contribution in [0, 0.1) is 0 Å². The van der Waals surface area contributed by atoms with Crippen LogP contribution in [0.2, 0.25) is 0 Å². The molecule has 0 aliphatic heterocycles. The van der Waals surface area contributed by atoms with Crippen LogP contribution in [0.25, 0.3) is 11.1 Å². The van der Waals surface area contributed by atoms with Gasteiger partial charge in [-0.25, -0.2) is 9.59 Å². The van der Waals surface area contributed by atoms with Gasteiger partial charge in [0, 0.05) is 12.5 Å². The monoisotopic (exact) mass is 474 g/mol. The third-order valence-corrected chi connectivity index (χ3v) is 6.05. The molecule has 0 spiro atoms. The Morgan fingerprint density at radius 3 is 2.03 bits per heavy atom. The van der Waals surface area contributed by atoms with Gasteiger partial charge in [-0.15, -0.1) is 0 Å². The normalized spacial score (nSPS) is 12.8. The maximum absolute atomic E-state index is 12.5. The van der Waals surface area contributed by atoms with Crippen molar-refractivity contribution in [3.63, 3.8) is 0 Å². The van der Waals surface area contributed by atoms with Crippen LogP contribution in [-0.4, -0.2) is 47.4 Å². The summed E-state index contributed by atoms with van der Waals surface area (Å²) < 4.78 is 5.55. The van der Waals surface area contributed by atoms with E-state index in [0.717, 1.165) is 22.3 Å². The average molecular weight is 475 g/mol. The number of alkyl carbamates (subject to hydrolysis) is 1. The molecule has 0 heterocycles. The molecule has 0 radical (unpaired) electrons. The van der Waals surface area contributed by atoms with Crippen molar-refractivity contribution in [3.05, 3.63) is 95.1 Å². The lowest BCUT2D eigenvalue weighted by Crippen LogP contribution is -2.44. The minimum atomic E-state index is -1.37. The van der Waals surface area contributed by atoms with Crippen LogP contribution in [0.1, 0.15) is 28.2 Å². The number of aliphatic carboxylic acids is 1. The van der Waals surface area contributed by atoms with Gasteiger partial charge in [-0.05, 0) is 33.4 Å². The molecule has 2 amide bonds. The first-order valence-corrected chi connectivity index (χ1v) is 11.3. The summed E-state index contributed by atoms with van der Waals surface area (Å²) in [6, 6.07) is 21.8. The quantitative estimate of drug-likeness (QED) is 0.378. The minimum Gasteiger partial charge on any atom is -0.480 e. The van der Waals surface area contributed by atoms with Crippen molar-refractivity contribution in [2.45, 2.75) is 24.9 Å². The summed E-state index contributed by atoms with van der Waals surface area (Å²) in [5.74, 6) is -1.90. The van der Waals surface area contributed by atoms with Gasteiger partial charge in [-0.2, -0.15) is 0 Å². The number of hydrogen-bond donors (Lipinski definition) is 4. The van der Waals surface area contributed by atoms with E-state index in [1.165, 1.54) is 0 Å². The molecule has 1 aliphatic rings. The Bertz CT molecular complexity index is 1200. The summed E-state index contributed by atoms with van der Waals surface area (Å²) in [7, 11) is 0. The predicted octanol–water partition coefficient (Wildman–Crippen LogP) is 2.83. The number of amides is 2. The summed E-state index contributed by atoms with van der Waals surface area (Å²) >= 11 is 0. The zero-order chi connectivity index (χ0) is 24.8. The van der Waals surface area contributed by atoms with Gasteiger partial charge in [0.25, 0.3) is 0 Å². The molecule has 1 atom stereocenters. The molecule has 4 rings (SSSR count). The van der Waals surface area contributed by atoms with Crippen molar-refractivity contribution in [3.8, 4) is 11.1 Å². The first kappa shape index (κ1) is 24.0. The van der Waals surface area contributed by atoms with E-state index in [1.807, 2.05) is 36.4 Å². The van der Waals surface area contributed by atoms with Gasteiger partial charge >= 0.3 is 12.1 Å². The first-order valence-electron chi connectivity index (χ1n) is 11.3. The maximum atomic E-state index is 12.5. The standard InChI is InChI=1S/C27H26N2O6/c30-15-24(26(32)33)29-25(31)13-17-7-1-2-8-18(17)14-28-27(34)35-16-23-21-11-5-3-9-19(21)20-10-4-6-12-22(20)23/h1-12,23-24,30H,13-16H2,(H,28,34)(H,29,31)(H,32,33)/t24-/m1/s1. The Morgan fingerprint density at radius 1 is 0.857 bits per heavy atom. The lowest BCUT2D eigenvalue weighted by molar-refractivity contribution is -0.142. The molecule has 180 valence electrons. The van der Waals surface area contributed by atoms with E-state index in [-0.39, 0.29) is 25.5 Å². The van der Waals surface area contributed by atoms with Crippen molar-refractivity contribution in [1.29, 1.82) is 0 Å². The van der Waals surface area contributed by atoms with E-state index in [1.54, 1.807) is 24.3 Å². The third kappa shape index (κ3) is 5.50. The van der Waals surface area contributed by atoms with Crippen LogP contribution in [0.4, 0.5) is 4.79 Å². The molecule has 8 heteroatoms. The van der Waals surface area contributed by atoms with Crippen molar-refractivity contribution in [1.82, 2.24) is 10.6 Å². The molecule has 0 aromatic heterocycles. The smallest absolute Gasteiger partial charge is 0.407 e. The molecule has 0 fully saturated rings. The molecule has 0 saturated heterocycles. The predicted molar refractivity (Wildman–Crippen MR) is 129 cm³/mol. The van der Waals surface area contributed by atoms with Gasteiger partial charge in [-0.1, -0.05) is 72.8 Å². The summed E-state index contributed by atoms with van der Waals surface area (Å²) in [6.07, 6.45) is -0.663. The number of hydrogen-bond acceptors (Lipinski definition) is 5. The lowest BCUT2D eigenvalue weighted by atomic mass is 9.98. The first-order chi connectivity index (χ1) is 17.0. The Hall–Kier alpha value is -4.17. The van der Waals surface area contributed by atoms with Gasteiger partial charge in [0.1, 0.15) is 12.6 Å². The SMILES string of the molecule is O=C(Cc1ccccc1CNC(=O)OCC1c2ccccc2-c2ccccc21)N[C@H](CO)C(=O)O. The number of fused-ring (bicyclic) bond motifs is 3. The Morgan fingerprint density at radius 2 is 1.43 bits per heavy atom. The second-order valence-electron chi connectivity index (χ2n) is 8.27. The second kappa shape index (κ2) is 10.8. The fraction of sp³-hybridized carbons (Fsp3) is 0.222. The Balaban J connectivity index is 1.35. The topological polar surface area (TPSA) is 125 Å². The molecule has 1 aliphatic carbocycles. The number of aliphatic hydroxyl groups is 1. The molecule has 0 unspecified atom stereocenters. The molecule has 0 saturated carbocycles. The highest BCUT2D eigenvalue weighted by atomic mass is 16.5. The van der Waals surface area contributed by atoms with E-state index in [4.69, 9.17) is 14.9 Å². The highest BCUT2D eigenvalue weighted by Gasteiger charge is 2.29. The summed E-state index contributed by atoms with van der Waals surface area (Å²) in [5, 5.41) is 23.1. The van der Waals surface area contributed by atoms with Gasteiger partial charge in [0.15, 0.2) is 0 Å². The number of carbonyl (C=O) groups excluding carboxylic acids is 2. The Kier molecular flexibility index (Phi) is 7.42. The third-order valence-electron chi connectivity index (χ3n) is 6.05. The highest BCUT2D eigenvalue weighted by molar-refractivity contribution is 5.85. The van der Waals surface area contributed by atoms with Crippen LogP contribution in [0.3, 0.4) is 0 Å². The van der Waals surface area contributed by atoms with Crippen molar-refractivity contribution < 1.29 is 29.3 Å². The van der Waals surface area contributed by atoms with E-state index in [9.17, 15) is 14.4 Å². The fourth-order valence-electron chi connectivity index (χ4n) is 4.32. The zero-order valence-electron chi connectivity index (χ0n) is 18.9. The van der Waals surface area contributed by atoms with E-state index >= 15 is 0 Å². The number of nitrogens with one attached hydrogen (secondary N) is 2. The average Bonchev–Trinajstić information content (AvgIpc) is 3.19. The molecule has 35 heavy (non-hydrogen) atoms. The zero-order valence-corrected chi connectivity index (χ0v) is 18.9. The van der Waals surface area contributed by atoms with Gasteiger partial charge in [0.05, 0.1) is 13.0 Å². The number of aliphatic hydroxyl groups excluding tert-OH is 1. The number of ether oxygens (including phenoxy) is 1. The Labute approximate surface area is 202 Å². The fourth-order valence-corrected chi connectivity index (χ4v) is 4.32. The lowest BCUT2D eigenvalue weighted by Gasteiger charge is -2.16. The highest BCUT2D eigenvalue weighted by Crippen LogP contribution is 2.44. The number of carboxylic acids is 1. The number of rotatable bonds is 9. The molecule has 8 nitrogen and oxygen atoms in total. The molecular weight excluding hydrogens is 448 g/mol. The summed E-state index contributed by atoms with van der Waals surface area (Å²) in [6.45, 7) is -0.365. The summed E-state index contributed by atoms with van der Waals surface area (Å²) in [4.78, 5) is 35.7. The van der Waals surface area contributed by atoms with Crippen molar-refractivity contribution in [2.75, 3.05) is 13.2 Å². The van der Waals surface area contributed by atoms with E-state index < -0.39 is 30.6 Å². The van der Waals surface area contributed by atoms with Crippen molar-refractivity contribution >= 4 is 18.0 Å². The van der Waals surface area contributed by atoms with Gasteiger partial charge in [0.2, 0.25) is 5.91 Å². The molecule has 3 aromatic rings. The van der Waals surface area contributed by atoms with Crippen LogP contribution in [0.5, 0.6) is 0 Å². The minimum absolute atomic E-state index is 0.0437. The van der Waals surface area contributed by atoms with E-state index in [0.29, 0.717) is 11.1 Å². The molecule has 0 bridgehead atoms. The van der Waals surface area contributed by atoms with Crippen LogP contribution < -0.4 is 10.6 Å². The van der Waals surface area contributed by atoms with Crippen LogP contribution in [-0.2, 0) is 27.3 Å². The van der Waals surface area contributed by atoms with Gasteiger partial charge < -0.3 is 25.6 Å².